The van der Waals surface area contributed by atoms with Gasteiger partial charge in [0.05, 0.1) is 17.3 Å². The number of hydrogen-bond donors (Lipinski definition) is 1. The van der Waals surface area contributed by atoms with Crippen LogP contribution in [0, 0.1) is 17.1 Å². The number of ether oxygens (including phenoxy) is 1. The Bertz CT molecular complexity index is 640. The largest absolute Gasteiger partial charge is 0.434 e. The summed E-state index contributed by atoms with van der Waals surface area (Å²) in [5, 5.41) is 8.80. The predicted octanol–water partition coefficient (Wildman–Crippen LogP) is 3.12. The van der Waals surface area contributed by atoms with Crippen LogP contribution in [0.4, 0.5) is 10.1 Å². The fourth-order valence-corrected chi connectivity index (χ4v) is 1.41. The zero-order valence-corrected chi connectivity index (χ0v) is 9.78. The lowest BCUT2D eigenvalue weighted by molar-refractivity contribution is 0.429. The Kier molecular flexibility index (Phi) is 3.31. The van der Waals surface area contributed by atoms with Crippen molar-refractivity contribution in [1.29, 1.82) is 5.26 Å². The molecule has 0 aliphatic heterocycles. The van der Waals surface area contributed by atoms with Crippen molar-refractivity contribution >= 4 is 17.3 Å². The van der Waals surface area contributed by atoms with Crippen LogP contribution in [0.15, 0.2) is 30.3 Å². The van der Waals surface area contributed by atoms with Gasteiger partial charge in [0.2, 0.25) is 5.88 Å². The van der Waals surface area contributed by atoms with E-state index in [-0.39, 0.29) is 28.0 Å². The normalized spacial score (nSPS) is 9.83. The number of rotatable bonds is 2. The Labute approximate surface area is 107 Å². The zero-order chi connectivity index (χ0) is 13.1. The van der Waals surface area contributed by atoms with E-state index in [1.165, 1.54) is 24.3 Å². The molecule has 0 saturated heterocycles. The number of nitrogen functional groups attached to an aromatic ring is 1. The number of halogens is 2. The van der Waals surface area contributed by atoms with E-state index in [2.05, 4.69) is 4.98 Å². The van der Waals surface area contributed by atoms with Crippen LogP contribution in [-0.2, 0) is 0 Å². The molecule has 1 aromatic carbocycles. The van der Waals surface area contributed by atoms with E-state index < -0.39 is 5.82 Å². The summed E-state index contributed by atoms with van der Waals surface area (Å²) in [4.78, 5) is 3.84. The maximum absolute atomic E-state index is 13.6. The van der Waals surface area contributed by atoms with Gasteiger partial charge in [-0.2, -0.15) is 10.2 Å². The number of benzene rings is 1. The molecule has 2 N–H and O–H groups in total. The lowest BCUT2D eigenvalue weighted by Gasteiger charge is -2.08. The number of aromatic nitrogens is 1. The highest BCUT2D eigenvalue weighted by molar-refractivity contribution is 6.29. The molecule has 18 heavy (non-hydrogen) atoms. The average Bonchev–Trinajstić information content (AvgIpc) is 2.36. The van der Waals surface area contributed by atoms with Gasteiger partial charge in [0.1, 0.15) is 5.15 Å². The Hall–Kier alpha value is -2.32. The van der Waals surface area contributed by atoms with Gasteiger partial charge in [0.25, 0.3) is 0 Å². The molecule has 2 rings (SSSR count). The van der Waals surface area contributed by atoms with E-state index in [0.717, 1.165) is 6.07 Å². The molecule has 0 aliphatic carbocycles. The smallest absolute Gasteiger partial charge is 0.244 e. The first-order valence-corrected chi connectivity index (χ1v) is 5.27. The molecule has 0 aliphatic rings. The summed E-state index contributed by atoms with van der Waals surface area (Å²) in [5.74, 6) is -0.725. The third-order valence-electron chi connectivity index (χ3n) is 2.12. The van der Waals surface area contributed by atoms with Gasteiger partial charge in [-0.15, -0.1) is 0 Å². The van der Waals surface area contributed by atoms with E-state index in [0.29, 0.717) is 0 Å². The third kappa shape index (κ3) is 2.50. The zero-order valence-electron chi connectivity index (χ0n) is 9.02. The summed E-state index contributed by atoms with van der Waals surface area (Å²) >= 11 is 5.69. The van der Waals surface area contributed by atoms with Gasteiger partial charge in [-0.1, -0.05) is 11.6 Å². The van der Waals surface area contributed by atoms with Crippen LogP contribution >= 0.6 is 11.6 Å². The van der Waals surface area contributed by atoms with Crippen molar-refractivity contribution in [3.8, 4) is 17.7 Å². The fraction of sp³-hybridized carbons (Fsp3) is 0. The first kappa shape index (κ1) is 12.1. The fourth-order valence-electron chi connectivity index (χ4n) is 1.27. The summed E-state index contributed by atoms with van der Waals surface area (Å²) in [6.45, 7) is 0. The second-order valence-electron chi connectivity index (χ2n) is 3.39. The van der Waals surface area contributed by atoms with Crippen molar-refractivity contribution in [2.75, 3.05) is 5.73 Å². The van der Waals surface area contributed by atoms with Crippen LogP contribution in [0.1, 0.15) is 5.56 Å². The number of pyridine rings is 1. The summed E-state index contributed by atoms with van der Waals surface area (Å²) in [5.41, 5.74) is 6.06. The van der Waals surface area contributed by atoms with Crippen molar-refractivity contribution < 1.29 is 9.13 Å². The molecule has 2 aromatic rings. The van der Waals surface area contributed by atoms with Crippen LogP contribution in [0.3, 0.4) is 0 Å². The van der Waals surface area contributed by atoms with Gasteiger partial charge in [-0.05, 0) is 30.3 Å². The summed E-state index contributed by atoms with van der Waals surface area (Å²) < 4.78 is 18.8. The predicted molar refractivity (Wildman–Crippen MR) is 64.8 cm³/mol. The van der Waals surface area contributed by atoms with E-state index in [4.69, 9.17) is 27.3 Å². The Balaban J connectivity index is 2.34. The molecule has 0 radical (unpaired) electrons. The van der Waals surface area contributed by atoms with Gasteiger partial charge in [-0.25, -0.2) is 4.39 Å². The van der Waals surface area contributed by atoms with Crippen LogP contribution in [0.5, 0.6) is 11.6 Å². The van der Waals surface area contributed by atoms with Crippen molar-refractivity contribution in [2.45, 2.75) is 0 Å². The van der Waals surface area contributed by atoms with E-state index >= 15 is 0 Å². The van der Waals surface area contributed by atoms with Crippen molar-refractivity contribution in [3.05, 3.63) is 46.9 Å². The second kappa shape index (κ2) is 4.90. The molecule has 0 atom stereocenters. The molecule has 0 unspecified atom stereocenters. The monoisotopic (exact) mass is 263 g/mol. The summed E-state index contributed by atoms with van der Waals surface area (Å²) in [7, 11) is 0. The van der Waals surface area contributed by atoms with E-state index in [1.807, 2.05) is 6.07 Å². The second-order valence-corrected chi connectivity index (χ2v) is 3.77. The SMILES string of the molecule is N#Cc1ccc(Oc2nc(Cl)ccc2N)c(F)c1. The maximum Gasteiger partial charge on any atom is 0.244 e. The Morgan fingerprint density at radius 2 is 2.11 bits per heavy atom. The summed E-state index contributed by atoms with van der Waals surface area (Å²) in [6, 6.07) is 8.65. The van der Waals surface area contributed by atoms with Crippen LogP contribution in [0.2, 0.25) is 5.15 Å². The highest BCUT2D eigenvalue weighted by atomic mass is 35.5. The third-order valence-corrected chi connectivity index (χ3v) is 2.33. The van der Waals surface area contributed by atoms with Gasteiger partial charge >= 0.3 is 0 Å². The highest BCUT2D eigenvalue weighted by Crippen LogP contribution is 2.28. The van der Waals surface area contributed by atoms with Gasteiger partial charge in [-0.3, -0.25) is 0 Å². The number of nitrogens with zero attached hydrogens (tertiary/aromatic N) is 2. The van der Waals surface area contributed by atoms with Gasteiger partial charge in [0.15, 0.2) is 11.6 Å². The number of nitrogens with two attached hydrogens (primary N) is 1. The molecule has 0 bridgehead atoms. The van der Waals surface area contributed by atoms with Gasteiger partial charge in [0, 0.05) is 0 Å². The molecule has 90 valence electrons. The number of anilines is 1. The summed E-state index contributed by atoms with van der Waals surface area (Å²) in [6.07, 6.45) is 0. The topological polar surface area (TPSA) is 71.9 Å². The van der Waals surface area contributed by atoms with Gasteiger partial charge < -0.3 is 10.5 Å². The lowest BCUT2D eigenvalue weighted by atomic mass is 10.2. The van der Waals surface area contributed by atoms with Crippen LogP contribution < -0.4 is 10.5 Å². The molecule has 0 fully saturated rings. The molecule has 0 amide bonds. The van der Waals surface area contributed by atoms with Crippen molar-refractivity contribution in [2.24, 2.45) is 0 Å². The molecule has 6 heteroatoms. The van der Waals surface area contributed by atoms with E-state index in [1.54, 1.807) is 0 Å². The minimum atomic E-state index is -0.671. The van der Waals surface area contributed by atoms with Crippen molar-refractivity contribution in [1.82, 2.24) is 4.98 Å². The number of nitriles is 1. The average molecular weight is 264 g/mol. The van der Waals surface area contributed by atoms with E-state index in [9.17, 15) is 4.39 Å². The number of hydrogen-bond acceptors (Lipinski definition) is 4. The molecule has 0 spiro atoms. The molecule has 1 aromatic heterocycles. The minimum absolute atomic E-state index is 0.0195. The Morgan fingerprint density at radius 1 is 1.33 bits per heavy atom. The quantitative estimate of drug-likeness (QED) is 0.845. The van der Waals surface area contributed by atoms with Crippen LogP contribution in [0.25, 0.3) is 0 Å². The maximum atomic E-state index is 13.6. The Morgan fingerprint density at radius 3 is 2.78 bits per heavy atom. The minimum Gasteiger partial charge on any atom is -0.434 e. The molecular formula is C12H7ClFN3O. The van der Waals surface area contributed by atoms with Crippen LogP contribution in [-0.4, -0.2) is 4.98 Å². The molecule has 0 saturated carbocycles. The molecule has 1 heterocycles. The standard InChI is InChI=1S/C12H7ClFN3O/c13-11-4-2-9(16)12(17-11)18-10-3-1-7(6-15)5-8(10)14/h1-5H,16H2. The highest BCUT2D eigenvalue weighted by Gasteiger charge is 2.09. The first-order valence-electron chi connectivity index (χ1n) is 4.89. The van der Waals surface area contributed by atoms with Crippen molar-refractivity contribution in [3.63, 3.8) is 0 Å². The molecular weight excluding hydrogens is 257 g/mol. The molecule has 4 nitrogen and oxygen atoms in total. The lowest BCUT2D eigenvalue weighted by Crippen LogP contribution is -1.96. The first-order chi connectivity index (χ1) is 8.60.